The predicted octanol–water partition coefficient (Wildman–Crippen LogP) is 19.0. The first-order valence-electron chi connectivity index (χ1n) is 29.9. The molecule has 0 aromatic carbocycles. The summed E-state index contributed by atoms with van der Waals surface area (Å²) >= 11 is 0. The van der Waals surface area contributed by atoms with Crippen LogP contribution in [0, 0.1) is 0 Å². The zero-order valence-corrected chi connectivity index (χ0v) is 50.5. The molecule has 0 amide bonds. The number of hydrogen-bond donors (Lipinski definition) is 1. The fraction of sp³-hybridized carbons (Fsp3) is 0.559. The summed E-state index contributed by atoms with van der Waals surface area (Å²) in [5.74, 6) is -0.860. The number of hydrogen-bond acceptors (Lipinski definition) is 7. The van der Waals surface area contributed by atoms with Gasteiger partial charge in [0.25, 0.3) is 0 Å². The molecule has 0 spiro atoms. The molecule has 0 fully saturated rings. The molecular weight excluding hydrogens is 990 g/mol. The topological polar surface area (TPSA) is 108 Å². The van der Waals surface area contributed by atoms with E-state index in [4.69, 9.17) is 18.5 Å². The average molecular weight is 1100 g/mol. The summed E-state index contributed by atoms with van der Waals surface area (Å²) in [4.78, 5) is 35.7. The van der Waals surface area contributed by atoms with Gasteiger partial charge in [-0.05, 0) is 128 Å². The molecule has 0 rings (SSSR count). The minimum absolute atomic E-state index is 0.0127. The van der Waals surface area contributed by atoms with Gasteiger partial charge in [-0.25, -0.2) is 4.57 Å². The molecule has 78 heavy (non-hydrogen) atoms. The second kappa shape index (κ2) is 57.1. The van der Waals surface area contributed by atoms with E-state index >= 15 is 0 Å². The number of allylic oxidation sites excluding steroid dienone is 28. The van der Waals surface area contributed by atoms with Crippen molar-refractivity contribution in [2.45, 2.75) is 200 Å². The Morgan fingerprint density at radius 3 is 1.03 bits per heavy atom. The highest BCUT2D eigenvalue weighted by Gasteiger charge is 2.27. The standard InChI is InChI=1S/C68H108NO8P/c1-6-8-10-12-14-16-18-20-22-24-26-28-30-32-33-34-35-37-39-41-43-45-47-49-51-53-55-57-59-61-68(71)77-66(65-76-78(72,73)75-63-62-69(3,4)5)64-74-67(70)60-58-56-54-52-50-48-46-44-42-40-38-36-31-29-27-25-23-21-19-17-15-13-11-9-7-2/h8-11,14-17,20-23,26-29,32-33,35-38,41-44,47,49,66H,6-7,12-13,18-19,24-25,30-31,34,39-40,45-46,48,50-65H2,1-5H3/p+1/b10-8-,11-9-,16-14-,17-15-,22-20-,23-21-,28-26-,29-27-,33-32-,37-35-,38-36-,43-41-,44-42-,49-47-. The maximum atomic E-state index is 12.8. The van der Waals surface area contributed by atoms with Gasteiger partial charge in [-0.3, -0.25) is 18.6 Å². The quantitative estimate of drug-likeness (QED) is 0.0211. The van der Waals surface area contributed by atoms with E-state index in [9.17, 15) is 19.0 Å². The Balaban J connectivity index is 4.32. The monoisotopic (exact) mass is 1100 g/mol. The number of likely N-dealkylation sites (N-methyl/N-ethyl adjacent to an activating group) is 1. The third kappa shape index (κ3) is 60.6. The molecule has 0 aromatic rings. The second-order valence-corrected chi connectivity index (χ2v) is 21.7. The van der Waals surface area contributed by atoms with Crippen LogP contribution in [0.1, 0.15) is 194 Å². The van der Waals surface area contributed by atoms with E-state index in [0.29, 0.717) is 23.9 Å². The van der Waals surface area contributed by atoms with Crippen molar-refractivity contribution in [1.29, 1.82) is 0 Å². The molecule has 1 N–H and O–H groups in total. The first-order valence-corrected chi connectivity index (χ1v) is 31.4. The molecule has 2 atom stereocenters. The van der Waals surface area contributed by atoms with Crippen molar-refractivity contribution in [3.8, 4) is 0 Å². The van der Waals surface area contributed by atoms with Crippen molar-refractivity contribution >= 4 is 19.8 Å². The predicted molar refractivity (Wildman–Crippen MR) is 334 cm³/mol. The molecule has 438 valence electrons. The van der Waals surface area contributed by atoms with Crippen LogP contribution in [0.4, 0.5) is 0 Å². The smallest absolute Gasteiger partial charge is 0.462 e. The van der Waals surface area contributed by atoms with Gasteiger partial charge in [0.1, 0.15) is 19.8 Å². The first kappa shape index (κ1) is 73.4. The summed E-state index contributed by atoms with van der Waals surface area (Å²) in [6, 6.07) is 0. The lowest BCUT2D eigenvalue weighted by Gasteiger charge is -2.24. The van der Waals surface area contributed by atoms with Crippen LogP contribution in [0.25, 0.3) is 0 Å². The Labute approximate surface area is 477 Å². The molecule has 0 radical (unpaired) electrons. The van der Waals surface area contributed by atoms with Gasteiger partial charge >= 0.3 is 19.8 Å². The van der Waals surface area contributed by atoms with Gasteiger partial charge in [0.2, 0.25) is 0 Å². The molecule has 0 aliphatic carbocycles. The van der Waals surface area contributed by atoms with Gasteiger partial charge < -0.3 is 18.9 Å². The normalized spacial score (nSPS) is 14.5. The highest BCUT2D eigenvalue weighted by atomic mass is 31.2. The molecule has 0 saturated carbocycles. The summed E-state index contributed by atoms with van der Waals surface area (Å²) < 4.78 is 34.5. The number of carbonyl (C=O) groups excluding carboxylic acids is 2. The third-order valence-electron chi connectivity index (χ3n) is 11.7. The Morgan fingerprint density at radius 1 is 0.397 bits per heavy atom. The molecule has 10 heteroatoms. The molecule has 0 aliphatic heterocycles. The minimum Gasteiger partial charge on any atom is -0.462 e. The van der Waals surface area contributed by atoms with Gasteiger partial charge in [-0.15, -0.1) is 0 Å². The number of ether oxygens (including phenoxy) is 2. The van der Waals surface area contributed by atoms with Crippen LogP contribution in [0.2, 0.25) is 0 Å². The van der Waals surface area contributed by atoms with Crippen molar-refractivity contribution < 1.29 is 42.1 Å². The molecule has 0 bridgehead atoms. The van der Waals surface area contributed by atoms with Crippen molar-refractivity contribution in [3.05, 3.63) is 170 Å². The van der Waals surface area contributed by atoms with Gasteiger partial charge in [-0.1, -0.05) is 223 Å². The maximum absolute atomic E-state index is 12.8. The number of phosphoric ester groups is 1. The van der Waals surface area contributed by atoms with Crippen LogP contribution in [0.3, 0.4) is 0 Å². The van der Waals surface area contributed by atoms with Crippen LogP contribution >= 0.6 is 7.82 Å². The van der Waals surface area contributed by atoms with Gasteiger partial charge in [-0.2, -0.15) is 0 Å². The Bertz CT molecular complexity index is 1920. The Morgan fingerprint density at radius 2 is 0.692 bits per heavy atom. The van der Waals surface area contributed by atoms with Crippen LogP contribution in [-0.2, 0) is 32.7 Å². The van der Waals surface area contributed by atoms with E-state index in [1.165, 1.54) is 0 Å². The van der Waals surface area contributed by atoms with Crippen molar-refractivity contribution in [1.82, 2.24) is 0 Å². The van der Waals surface area contributed by atoms with Gasteiger partial charge in [0, 0.05) is 12.8 Å². The van der Waals surface area contributed by atoms with Crippen molar-refractivity contribution in [2.75, 3.05) is 47.5 Å². The number of phosphoric acid groups is 1. The lowest BCUT2D eigenvalue weighted by atomic mass is 10.1. The largest absolute Gasteiger partial charge is 0.472 e. The molecule has 0 aliphatic rings. The zero-order chi connectivity index (χ0) is 57.0. The zero-order valence-electron chi connectivity index (χ0n) is 49.6. The number of esters is 2. The van der Waals surface area contributed by atoms with Crippen molar-refractivity contribution in [2.24, 2.45) is 0 Å². The second-order valence-electron chi connectivity index (χ2n) is 20.3. The first-order chi connectivity index (χ1) is 38.0. The molecule has 0 heterocycles. The number of nitrogens with zero attached hydrogens (tertiary/aromatic N) is 1. The van der Waals surface area contributed by atoms with Crippen LogP contribution < -0.4 is 0 Å². The van der Waals surface area contributed by atoms with E-state index < -0.39 is 32.5 Å². The number of quaternary nitrogens is 1. The van der Waals surface area contributed by atoms with E-state index in [-0.39, 0.29) is 26.1 Å². The maximum Gasteiger partial charge on any atom is 0.472 e. The van der Waals surface area contributed by atoms with Gasteiger partial charge in [0.05, 0.1) is 27.7 Å². The molecule has 0 aromatic heterocycles. The number of rotatable bonds is 52. The summed E-state index contributed by atoms with van der Waals surface area (Å²) in [6.45, 7) is 4.12. The summed E-state index contributed by atoms with van der Waals surface area (Å²) in [5, 5.41) is 0. The van der Waals surface area contributed by atoms with Crippen LogP contribution in [0.15, 0.2) is 170 Å². The fourth-order valence-corrected chi connectivity index (χ4v) is 7.95. The van der Waals surface area contributed by atoms with Crippen molar-refractivity contribution in [3.63, 3.8) is 0 Å². The molecule has 9 nitrogen and oxygen atoms in total. The Hall–Kier alpha value is -4.63. The third-order valence-corrected chi connectivity index (χ3v) is 12.7. The highest BCUT2D eigenvalue weighted by molar-refractivity contribution is 7.47. The summed E-state index contributed by atoms with van der Waals surface area (Å²) in [7, 11) is 1.42. The minimum atomic E-state index is -4.41. The lowest BCUT2D eigenvalue weighted by molar-refractivity contribution is -0.870. The Kier molecular flexibility index (Phi) is 53.7. The van der Waals surface area contributed by atoms with Crippen LogP contribution in [0.5, 0.6) is 0 Å². The van der Waals surface area contributed by atoms with E-state index in [2.05, 4.69) is 184 Å². The SMILES string of the molecule is CC/C=C\C/C=C\C/C=C\C/C=C\C/C=C\C/C=C\C/C=C\C/C=C\CCCCCCC(=O)OC(COC(=O)CCCCCCCC/C=C\C/C=C\C/C=C\C/C=C\C/C=C\C/C=C\CC)COP(=O)(O)OCC[N+](C)(C)C. The number of unbranched alkanes of at least 4 members (excludes halogenated alkanes) is 10. The molecule has 2 unspecified atom stereocenters. The van der Waals surface area contributed by atoms with E-state index in [0.717, 1.165) is 154 Å². The highest BCUT2D eigenvalue weighted by Crippen LogP contribution is 2.43. The molecule has 0 saturated heterocycles. The average Bonchev–Trinajstić information content (AvgIpc) is 3.41. The molecular formula is C68H109NO8P+. The van der Waals surface area contributed by atoms with E-state index in [1.807, 2.05) is 21.1 Å². The number of carbonyl (C=O) groups is 2. The van der Waals surface area contributed by atoms with E-state index in [1.54, 1.807) is 0 Å². The lowest BCUT2D eigenvalue weighted by Crippen LogP contribution is -2.37. The van der Waals surface area contributed by atoms with Crippen LogP contribution in [-0.4, -0.2) is 74.9 Å². The van der Waals surface area contributed by atoms with Gasteiger partial charge in [0.15, 0.2) is 6.10 Å². The fourth-order valence-electron chi connectivity index (χ4n) is 7.21. The summed E-state index contributed by atoms with van der Waals surface area (Å²) in [5.41, 5.74) is 0. The summed E-state index contributed by atoms with van der Waals surface area (Å²) in [6.07, 6.45) is 87.0.